The van der Waals surface area contributed by atoms with Gasteiger partial charge in [-0.05, 0) is 19.8 Å². The van der Waals surface area contributed by atoms with Crippen LogP contribution in [0.1, 0.15) is 47.5 Å². The largest absolute Gasteiger partial charge is 0.391 e. The molecule has 0 heterocycles. The number of urea groups is 1. The molecule has 8 heteroatoms. The minimum absolute atomic E-state index is 0.00867. The molecule has 0 saturated carbocycles. The Morgan fingerprint density at radius 1 is 1.08 bits per heavy atom. The van der Waals surface area contributed by atoms with Crippen LogP contribution in [0, 0.1) is 5.92 Å². The molecule has 0 bridgehead atoms. The molecule has 0 aliphatic rings. The van der Waals surface area contributed by atoms with Gasteiger partial charge in [0, 0.05) is 18.5 Å². The van der Waals surface area contributed by atoms with Crippen molar-refractivity contribution in [3.63, 3.8) is 0 Å². The van der Waals surface area contributed by atoms with Crippen molar-refractivity contribution < 1.29 is 19.5 Å². The van der Waals surface area contributed by atoms with E-state index in [0.29, 0.717) is 19.4 Å². The lowest BCUT2D eigenvalue weighted by Crippen LogP contribution is -2.56. The smallest absolute Gasteiger partial charge is 0.312 e. The molecule has 1 unspecified atom stereocenters. The lowest BCUT2D eigenvalue weighted by molar-refractivity contribution is -0.132. The summed E-state index contributed by atoms with van der Waals surface area (Å²) in [5, 5.41) is 18.0. The maximum absolute atomic E-state index is 12.4. The van der Waals surface area contributed by atoms with Crippen molar-refractivity contribution in [1.29, 1.82) is 0 Å². The van der Waals surface area contributed by atoms with Crippen LogP contribution >= 0.6 is 0 Å². The van der Waals surface area contributed by atoms with Crippen molar-refractivity contribution in [2.24, 2.45) is 11.7 Å². The van der Waals surface area contributed by atoms with E-state index in [1.807, 2.05) is 13.8 Å². The molecule has 0 aromatic carbocycles. The van der Waals surface area contributed by atoms with Crippen LogP contribution in [0.4, 0.5) is 4.79 Å². The molecule has 140 valence electrons. The van der Waals surface area contributed by atoms with Crippen molar-refractivity contribution >= 4 is 17.7 Å². The van der Waals surface area contributed by atoms with Crippen molar-refractivity contribution in [3.05, 3.63) is 0 Å². The Morgan fingerprint density at radius 3 is 2.08 bits per heavy atom. The van der Waals surface area contributed by atoms with Gasteiger partial charge in [-0.15, -0.1) is 0 Å². The highest BCUT2D eigenvalue weighted by Crippen LogP contribution is 2.07. The topological polar surface area (TPSA) is 134 Å². The molecule has 0 aromatic heterocycles. The number of carbonyl (C=O) groups is 3. The predicted molar refractivity (Wildman–Crippen MR) is 92.3 cm³/mol. The number of Topliss-reactive ketones (excluding diaryl/α,β-unsaturated/α-hetero) is 1. The minimum Gasteiger partial charge on any atom is -0.391 e. The normalized spacial score (nSPS) is 15.0. The van der Waals surface area contributed by atoms with Crippen molar-refractivity contribution in [1.82, 2.24) is 16.0 Å². The zero-order chi connectivity index (χ0) is 18.9. The van der Waals surface area contributed by atoms with Gasteiger partial charge in [-0.1, -0.05) is 27.7 Å². The Balaban J connectivity index is 4.85. The summed E-state index contributed by atoms with van der Waals surface area (Å²) in [4.78, 5) is 35.4. The quantitative estimate of drug-likeness (QED) is 0.334. The Hall–Kier alpha value is -1.67. The number of nitrogens with two attached hydrogens (primary N) is 1. The Kier molecular flexibility index (Phi) is 10.2. The van der Waals surface area contributed by atoms with Gasteiger partial charge in [-0.2, -0.15) is 0 Å². The van der Waals surface area contributed by atoms with E-state index in [4.69, 9.17) is 5.73 Å². The zero-order valence-corrected chi connectivity index (χ0v) is 15.3. The molecule has 3 amide bonds. The summed E-state index contributed by atoms with van der Waals surface area (Å²) < 4.78 is 0. The number of amides is 3. The summed E-state index contributed by atoms with van der Waals surface area (Å²) in [6, 6.07) is -2.07. The van der Waals surface area contributed by atoms with Gasteiger partial charge in [0.15, 0.2) is 5.78 Å². The number of hydrogen-bond donors (Lipinski definition) is 5. The monoisotopic (exact) mass is 344 g/mol. The molecule has 0 spiro atoms. The lowest BCUT2D eigenvalue weighted by atomic mass is 9.97. The summed E-state index contributed by atoms with van der Waals surface area (Å²) in [6.45, 7) is 9.12. The van der Waals surface area contributed by atoms with E-state index in [1.165, 1.54) is 6.92 Å². The van der Waals surface area contributed by atoms with Crippen LogP contribution in [-0.2, 0) is 9.59 Å². The van der Waals surface area contributed by atoms with Gasteiger partial charge in [0.05, 0.1) is 12.1 Å². The van der Waals surface area contributed by atoms with Crippen LogP contribution in [0.3, 0.4) is 0 Å². The highest BCUT2D eigenvalue weighted by molar-refractivity contribution is 5.92. The average molecular weight is 344 g/mol. The van der Waals surface area contributed by atoms with E-state index in [2.05, 4.69) is 16.0 Å². The minimum atomic E-state index is -0.890. The van der Waals surface area contributed by atoms with E-state index in [9.17, 15) is 19.5 Å². The number of carbonyl (C=O) groups excluding carboxylic acids is 3. The average Bonchev–Trinajstić information content (AvgIpc) is 2.45. The molecule has 0 saturated heterocycles. The molecule has 8 nitrogen and oxygen atoms in total. The highest BCUT2D eigenvalue weighted by Gasteiger charge is 2.29. The lowest BCUT2D eigenvalue weighted by Gasteiger charge is -2.26. The fourth-order valence-electron chi connectivity index (χ4n) is 2.26. The summed E-state index contributed by atoms with van der Waals surface area (Å²) in [6.07, 6.45) is -0.000637. The number of rotatable bonds is 11. The maximum atomic E-state index is 12.4. The van der Waals surface area contributed by atoms with Crippen LogP contribution in [0.2, 0.25) is 0 Å². The van der Waals surface area contributed by atoms with E-state index in [0.717, 1.165) is 0 Å². The number of ketones is 1. The summed E-state index contributed by atoms with van der Waals surface area (Å²) in [5.41, 5.74) is 4.99. The van der Waals surface area contributed by atoms with Crippen LogP contribution in [0.15, 0.2) is 0 Å². The van der Waals surface area contributed by atoms with Crippen molar-refractivity contribution in [2.75, 3.05) is 6.54 Å². The Bertz CT molecular complexity index is 424. The van der Waals surface area contributed by atoms with Gasteiger partial charge < -0.3 is 26.8 Å². The van der Waals surface area contributed by atoms with Gasteiger partial charge in [0.1, 0.15) is 6.04 Å². The highest BCUT2D eigenvalue weighted by atomic mass is 16.3. The number of aliphatic hydroxyl groups excluding tert-OH is 1. The van der Waals surface area contributed by atoms with E-state index < -0.39 is 30.1 Å². The first-order valence-corrected chi connectivity index (χ1v) is 8.37. The fourth-order valence-corrected chi connectivity index (χ4v) is 2.26. The zero-order valence-electron chi connectivity index (χ0n) is 15.3. The first-order valence-electron chi connectivity index (χ1n) is 8.37. The summed E-state index contributed by atoms with van der Waals surface area (Å²) >= 11 is 0. The summed E-state index contributed by atoms with van der Waals surface area (Å²) in [7, 11) is 0. The van der Waals surface area contributed by atoms with E-state index >= 15 is 0 Å². The fraction of sp³-hybridized carbons (Fsp3) is 0.812. The third kappa shape index (κ3) is 8.83. The molecule has 0 aliphatic carbocycles. The van der Waals surface area contributed by atoms with Crippen LogP contribution in [-0.4, -0.2) is 53.6 Å². The molecular weight excluding hydrogens is 312 g/mol. The molecule has 0 fully saturated rings. The molecule has 0 aliphatic heterocycles. The van der Waals surface area contributed by atoms with Gasteiger partial charge in [-0.25, -0.2) is 4.79 Å². The van der Waals surface area contributed by atoms with Gasteiger partial charge in [0.2, 0.25) is 5.91 Å². The molecule has 6 N–H and O–H groups in total. The molecule has 0 rings (SSSR count). The second-order valence-electron chi connectivity index (χ2n) is 6.59. The molecule has 3 atom stereocenters. The standard InChI is InChI=1S/C16H32N4O4/c1-9(2)14(22)12(7-6-8-18-16(17)24)20-15(23)13(11(5)21)19-10(3)4/h9-13,19,21H,6-8H2,1-5H3,(H,20,23)(H3,17,18,24)/t11?,12-,13-/m0/s1. The van der Waals surface area contributed by atoms with Crippen LogP contribution in [0.5, 0.6) is 0 Å². The number of primary amides is 1. The first kappa shape index (κ1) is 22.3. The molecule has 24 heavy (non-hydrogen) atoms. The molecule has 0 aromatic rings. The van der Waals surface area contributed by atoms with Gasteiger partial charge in [0.25, 0.3) is 0 Å². The van der Waals surface area contributed by atoms with Crippen LogP contribution in [0.25, 0.3) is 0 Å². The van der Waals surface area contributed by atoms with Crippen LogP contribution < -0.4 is 21.7 Å². The SMILES string of the molecule is CC(C)N[C@H](C(=O)N[C@@H](CCCNC(N)=O)C(=O)C(C)C)C(C)O. The second-order valence-corrected chi connectivity index (χ2v) is 6.59. The number of nitrogens with one attached hydrogen (secondary N) is 3. The predicted octanol–water partition coefficient (Wildman–Crippen LogP) is -0.108. The Morgan fingerprint density at radius 2 is 1.67 bits per heavy atom. The third-order valence-corrected chi connectivity index (χ3v) is 3.48. The van der Waals surface area contributed by atoms with Gasteiger partial charge >= 0.3 is 6.03 Å². The first-order chi connectivity index (χ1) is 11.1. The van der Waals surface area contributed by atoms with E-state index in [1.54, 1.807) is 13.8 Å². The molecule has 0 radical (unpaired) electrons. The van der Waals surface area contributed by atoms with Crippen molar-refractivity contribution in [2.45, 2.75) is 71.7 Å². The molecular formula is C16H32N4O4. The van der Waals surface area contributed by atoms with Crippen molar-refractivity contribution in [3.8, 4) is 0 Å². The van der Waals surface area contributed by atoms with E-state index in [-0.39, 0.29) is 17.7 Å². The maximum Gasteiger partial charge on any atom is 0.312 e. The number of aliphatic hydroxyl groups is 1. The van der Waals surface area contributed by atoms with Gasteiger partial charge in [-0.3, -0.25) is 9.59 Å². The second kappa shape index (κ2) is 11.0. The number of hydrogen-bond acceptors (Lipinski definition) is 5. The summed E-state index contributed by atoms with van der Waals surface area (Å²) in [5.74, 6) is -0.737. The Labute approximate surface area is 143 Å². The third-order valence-electron chi connectivity index (χ3n) is 3.48.